The van der Waals surface area contributed by atoms with Crippen LogP contribution < -0.4 is 0 Å². The van der Waals surface area contributed by atoms with E-state index in [0.717, 1.165) is 23.5 Å². The van der Waals surface area contributed by atoms with Gasteiger partial charge in [-0.25, -0.2) is 4.98 Å². The second kappa shape index (κ2) is 8.58. The maximum Gasteiger partial charge on any atom is 0.246 e. The molecule has 1 saturated heterocycles. The van der Waals surface area contributed by atoms with Crippen molar-refractivity contribution in [1.82, 2.24) is 14.8 Å². The molecule has 1 aliphatic heterocycles. The number of aromatic nitrogens is 1. The highest BCUT2D eigenvalue weighted by Gasteiger charge is 2.37. The Morgan fingerprint density at radius 2 is 2.24 bits per heavy atom. The molecule has 7 heteroatoms. The van der Waals surface area contributed by atoms with Crippen LogP contribution in [-0.4, -0.2) is 66.5 Å². The maximum atomic E-state index is 12.5. The number of carbonyl (C=O) groups is 2. The molecule has 0 bridgehead atoms. The van der Waals surface area contributed by atoms with Crippen molar-refractivity contribution in [3.05, 3.63) is 22.2 Å². The number of likely N-dealkylation sites (tertiary alicyclic amines) is 1. The van der Waals surface area contributed by atoms with Crippen molar-refractivity contribution in [3.63, 3.8) is 0 Å². The van der Waals surface area contributed by atoms with Crippen molar-refractivity contribution in [2.24, 2.45) is 0 Å². The number of aryl methyl sites for hydroxylation is 1. The van der Waals surface area contributed by atoms with Crippen molar-refractivity contribution < 1.29 is 14.3 Å². The van der Waals surface area contributed by atoms with E-state index in [-0.39, 0.29) is 11.8 Å². The van der Waals surface area contributed by atoms with Gasteiger partial charge in [0, 0.05) is 52.2 Å². The molecule has 0 radical (unpaired) electrons. The molecule has 1 unspecified atom stereocenters. The standard InChI is InChI=1S/C18H27N3O3S/c1-14-19-15(12-25-14)6-7-17(23)21-11-5-9-18(13-21,24-4)10-8-16(22)20(2)3/h6-7,12H,5,8-11,13H2,1-4H3. The van der Waals surface area contributed by atoms with Crippen molar-refractivity contribution >= 4 is 29.2 Å². The molecule has 0 N–H and O–H groups in total. The van der Waals surface area contributed by atoms with Crippen LogP contribution in [-0.2, 0) is 14.3 Å². The number of methoxy groups -OCH3 is 1. The number of amides is 2. The lowest BCUT2D eigenvalue weighted by Gasteiger charge is -2.41. The van der Waals surface area contributed by atoms with Crippen LogP contribution in [0.3, 0.4) is 0 Å². The Morgan fingerprint density at radius 1 is 1.48 bits per heavy atom. The zero-order valence-corrected chi connectivity index (χ0v) is 16.3. The SMILES string of the molecule is COC1(CCC(=O)N(C)C)CCCN(C(=O)C=Cc2csc(C)n2)C1. The molecule has 2 rings (SSSR count). The summed E-state index contributed by atoms with van der Waals surface area (Å²) in [7, 11) is 5.18. The zero-order chi connectivity index (χ0) is 18.4. The number of thiazole rings is 1. The average Bonchev–Trinajstić information content (AvgIpc) is 3.03. The molecule has 0 saturated carbocycles. The molecule has 138 valence electrons. The van der Waals surface area contributed by atoms with Crippen molar-refractivity contribution in [3.8, 4) is 0 Å². The number of hydrogen-bond donors (Lipinski definition) is 0. The van der Waals surface area contributed by atoms with Gasteiger partial charge in [0.15, 0.2) is 0 Å². The lowest BCUT2D eigenvalue weighted by Crippen LogP contribution is -2.51. The van der Waals surface area contributed by atoms with Gasteiger partial charge in [-0.2, -0.15) is 0 Å². The fourth-order valence-electron chi connectivity index (χ4n) is 3.04. The summed E-state index contributed by atoms with van der Waals surface area (Å²) < 4.78 is 5.76. The number of nitrogens with zero attached hydrogens (tertiary/aromatic N) is 3. The summed E-state index contributed by atoms with van der Waals surface area (Å²) >= 11 is 1.56. The Labute approximate surface area is 153 Å². The summed E-state index contributed by atoms with van der Waals surface area (Å²) in [5, 5.41) is 2.91. The molecule has 1 aliphatic rings. The highest BCUT2D eigenvalue weighted by Crippen LogP contribution is 2.29. The summed E-state index contributed by atoms with van der Waals surface area (Å²) in [5.74, 6) is 0.0457. The van der Waals surface area contributed by atoms with Crippen LogP contribution in [0.5, 0.6) is 0 Å². The molecule has 2 amide bonds. The average molecular weight is 365 g/mol. The van der Waals surface area contributed by atoms with Crippen LogP contribution in [0.4, 0.5) is 0 Å². The molecular formula is C18H27N3O3S. The number of piperidine rings is 1. The van der Waals surface area contributed by atoms with E-state index < -0.39 is 5.60 Å². The van der Waals surface area contributed by atoms with E-state index in [2.05, 4.69) is 4.98 Å². The number of carbonyl (C=O) groups excluding carboxylic acids is 2. The Morgan fingerprint density at radius 3 is 2.84 bits per heavy atom. The van der Waals surface area contributed by atoms with E-state index in [9.17, 15) is 9.59 Å². The minimum atomic E-state index is -0.440. The van der Waals surface area contributed by atoms with E-state index in [1.807, 2.05) is 17.2 Å². The summed E-state index contributed by atoms with van der Waals surface area (Å²) in [6, 6.07) is 0. The van der Waals surface area contributed by atoms with Gasteiger partial charge in [-0.1, -0.05) is 0 Å². The molecule has 25 heavy (non-hydrogen) atoms. The van der Waals surface area contributed by atoms with E-state index in [4.69, 9.17) is 4.74 Å². The first-order valence-electron chi connectivity index (χ1n) is 8.50. The van der Waals surface area contributed by atoms with Crippen molar-refractivity contribution in [2.75, 3.05) is 34.3 Å². The van der Waals surface area contributed by atoms with E-state index in [0.29, 0.717) is 25.9 Å². The molecule has 1 aromatic heterocycles. The minimum Gasteiger partial charge on any atom is -0.376 e. The van der Waals surface area contributed by atoms with Gasteiger partial charge in [-0.3, -0.25) is 9.59 Å². The van der Waals surface area contributed by atoms with E-state index in [1.165, 1.54) is 0 Å². The predicted octanol–water partition coefficient (Wildman–Crippen LogP) is 2.34. The van der Waals surface area contributed by atoms with Gasteiger partial charge < -0.3 is 14.5 Å². The molecule has 0 aliphatic carbocycles. The first-order chi connectivity index (χ1) is 11.8. The third-order valence-corrected chi connectivity index (χ3v) is 5.40. The lowest BCUT2D eigenvalue weighted by atomic mass is 9.87. The van der Waals surface area contributed by atoms with Gasteiger partial charge in [0.1, 0.15) is 0 Å². The first-order valence-corrected chi connectivity index (χ1v) is 9.37. The van der Waals surface area contributed by atoms with Gasteiger partial charge in [0.2, 0.25) is 11.8 Å². The molecule has 6 nitrogen and oxygen atoms in total. The maximum absolute atomic E-state index is 12.5. The predicted molar refractivity (Wildman–Crippen MR) is 99.4 cm³/mol. The van der Waals surface area contributed by atoms with Gasteiger partial charge in [-0.15, -0.1) is 11.3 Å². The molecule has 2 heterocycles. The minimum absolute atomic E-state index is 0.0364. The Kier molecular flexibility index (Phi) is 6.72. The van der Waals surface area contributed by atoms with E-state index >= 15 is 0 Å². The highest BCUT2D eigenvalue weighted by molar-refractivity contribution is 7.09. The topological polar surface area (TPSA) is 62.7 Å². The lowest BCUT2D eigenvalue weighted by molar-refractivity contribution is -0.138. The number of ether oxygens (including phenoxy) is 1. The van der Waals surface area contributed by atoms with Crippen LogP contribution in [0.25, 0.3) is 6.08 Å². The summed E-state index contributed by atoms with van der Waals surface area (Å²) in [4.78, 5) is 32.1. The first kappa shape index (κ1) is 19.6. The zero-order valence-electron chi connectivity index (χ0n) is 15.4. The largest absolute Gasteiger partial charge is 0.376 e. The summed E-state index contributed by atoms with van der Waals surface area (Å²) in [5.41, 5.74) is 0.368. The van der Waals surface area contributed by atoms with Crippen molar-refractivity contribution in [1.29, 1.82) is 0 Å². The van der Waals surface area contributed by atoms with Gasteiger partial charge in [-0.05, 0) is 32.3 Å². The second-order valence-corrected chi connectivity index (χ2v) is 7.73. The normalized spacial score (nSPS) is 20.9. The van der Waals surface area contributed by atoms with Crippen LogP contribution in [0.1, 0.15) is 36.4 Å². The molecule has 1 aromatic rings. The Hall–Kier alpha value is -1.73. The number of hydrogen-bond acceptors (Lipinski definition) is 5. The Balaban J connectivity index is 1.98. The van der Waals surface area contributed by atoms with Crippen LogP contribution in [0, 0.1) is 6.92 Å². The highest BCUT2D eigenvalue weighted by atomic mass is 32.1. The smallest absolute Gasteiger partial charge is 0.246 e. The van der Waals surface area contributed by atoms with Gasteiger partial charge in [0.25, 0.3) is 0 Å². The van der Waals surface area contributed by atoms with Gasteiger partial charge in [0.05, 0.1) is 16.3 Å². The number of rotatable bonds is 6. The second-order valence-electron chi connectivity index (χ2n) is 6.66. The molecule has 1 fully saturated rings. The van der Waals surface area contributed by atoms with E-state index in [1.54, 1.807) is 49.6 Å². The monoisotopic (exact) mass is 365 g/mol. The fraction of sp³-hybridized carbons (Fsp3) is 0.611. The third kappa shape index (κ3) is 5.37. The van der Waals surface area contributed by atoms with Crippen LogP contribution in [0.15, 0.2) is 11.5 Å². The quantitative estimate of drug-likeness (QED) is 0.726. The van der Waals surface area contributed by atoms with Crippen LogP contribution in [0.2, 0.25) is 0 Å². The van der Waals surface area contributed by atoms with Gasteiger partial charge >= 0.3 is 0 Å². The fourth-order valence-corrected chi connectivity index (χ4v) is 3.62. The molecule has 0 aromatic carbocycles. The molecule has 1 atom stereocenters. The molecule has 0 spiro atoms. The summed E-state index contributed by atoms with van der Waals surface area (Å²) in [6.07, 6.45) is 6.12. The Bertz CT molecular complexity index is 641. The summed E-state index contributed by atoms with van der Waals surface area (Å²) in [6.45, 7) is 3.17. The molecular weight excluding hydrogens is 338 g/mol. The van der Waals surface area contributed by atoms with Crippen LogP contribution >= 0.6 is 11.3 Å². The van der Waals surface area contributed by atoms with Crippen molar-refractivity contribution in [2.45, 2.75) is 38.2 Å². The third-order valence-electron chi connectivity index (χ3n) is 4.61.